The highest BCUT2D eigenvalue weighted by molar-refractivity contribution is 6.13. The minimum Gasteiger partial charge on any atom is -0.455 e. The number of fused-ring (bicyclic) bond motifs is 25. The second-order valence-corrected chi connectivity index (χ2v) is 21.3. The molecule has 0 saturated carbocycles. The maximum absolute atomic E-state index is 6.63. The predicted octanol–water partition coefficient (Wildman–Crippen LogP) is 18.8. The molecule has 3 heterocycles. The zero-order valence-electron chi connectivity index (χ0n) is 41.7. The minimum atomic E-state index is -0.615. The monoisotopic (exact) mass is 976 g/mol. The first-order chi connectivity index (χ1) is 38.2. The molecule has 0 amide bonds. The normalized spacial score (nSPS) is 15.4. The summed E-state index contributed by atoms with van der Waals surface area (Å²) in [6.07, 6.45) is 0. The van der Waals surface area contributed by atoms with E-state index in [4.69, 9.17) is 4.42 Å². The van der Waals surface area contributed by atoms with Crippen molar-refractivity contribution in [3.8, 4) is 50.2 Å². The number of rotatable bonds is 4. The highest BCUT2D eigenvalue weighted by atomic mass is 16.3. The Balaban J connectivity index is 0.921. The molecule has 1 aliphatic heterocycles. The molecule has 356 valence electrons. The van der Waals surface area contributed by atoms with Crippen molar-refractivity contribution in [2.45, 2.75) is 10.8 Å². The molecule has 0 saturated heterocycles. The molecule has 1 unspecified atom stereocenters. The summed E-state index contributed by atoms with van der Waals surface area (Å²) in [4.78, 5) is 2.55. The van der Waals surface area contributed by atoms with Crippen LogP contribution in [0.1, 0.15) is 44.5 Å². The van der Waals surface area contributed by atoms with Crippen molar-refractivity contribution < 1.29 is 4.42 Å². The molecule has 3 aliphatic carbocycles. The van der Waals surface area contributed by atoms with E-state index in [1.165, 1.54) is 105 Å². The number of furan rings is 1. The number of hydrogen-bond acceptors (Lipinski definition) is 2. The number of anilines is 3. The lowest BCUT2D eigenvalue weighted by Gasteiger charge is -2.40. The van der Waals surface area contributed by atoms with Crippen LogP contribution in [0.4, 0.5) is 17.1 Å². The Morgan fingerprint density at radius 3 is 1.58 bits per heavy atom. The summed E-state index contributed by atoms with van der Waals surface area (Å²) < 4.78 is 9.16. The summed E-state index contributed by atoms with van der Waals surface area (Å²) in [5, 5.41) is 4.80. The fourth-order valence-corrected chi connectivity index (χ4v) is 15.2. The molecule has 0 N–H and O–H groups in total. The number of aromatic nitrogens is 1. The Morgan fingerprint density at radius 1 is 0.325 bits per heavy atom. The van der Waals surface area contributed by atoms with Crippen molar-refractivity contribution >= 4 is 60.8 Å². The van der Waals surface area contributed by atoms with E-state index in [0.717, 1.165) is 50.1 Å². The SMILES string of the molecule is c1ccc2c(c1)-c1ccccc1C21c2ccccc2-c2c(N(c3ccc(-c4cccc5c4oc4ccccc45)cc3)c3ccc4c(c3)C3(c5ccccc5-4)c4ccccc4-n4c5ccccc5c5cccc3c54)cccc21. The van der Waals surface area contributed by atoms with Gasteiger partial charge in [-0.05, 0) is 126 Å². The van der Waals surface area contributed by atoms with E-state index in [1.807, 2.05) is 6.07 Å². The van der Waals surface area contributed by atoms with Crippen molar-refractivity contribution in [2.75, 3.05) is 4.90 Å². The highest BCUT2D eigenvalue weighted by Gasteiger charge is 2.54. The first-order valence-electron chi connectivity index (χ1n) is 26.8. The van der Waals surface area contributed by atoms with E-state index in [-0.39, 0.29) is 0 Å². The Bertz CT molecular complexity index is 4850. The lowest BCUT2D eigenvalue weighted by molar-refractivity contribution is 0.670. The van der Waals surface area contributed by atoms with E-state index in [2.05, 4.69) is 270 Å². The predicted molar refractivity (Wildman–Crippen MR) is 315 cm³/mol. The van der Waals surface area contributed by atoms with Gasteiger partial charge in [0.1, 0.15) is 11.2 Å². The van der Waals surface area contributed by atoms with Gasteiger partial charge in [0.25, 0.3) is 0 Å². The van der Waals surface area contributed by atoms with Crippen LogP contribution in [0.3, 0.4) is 0 Å². The van der Waals surface area contributed by atoms with Crippen molar-refractivity contribution in [3.63, 3.8) is 0 Å². The van der Waals surface area contributed by atoms with E-state index >= 15 is 0 Å². The van der Waals surface area contributed by atoms with Gasteiger partial charge in [-0.15, -0.1) is 0 Å². The highest BCUT2D eigenvalue weighted by Crippen LogP contribution is 2.66. The van der Waals surface area contributed by atoms with Gasteiger partial charge in [-0.1, -0.05) is 218 Å². The zero-order valence-corrected chi connectivity index (χ0v) is 41.7. The van der Waals surface area contributed by atoms with E-state index in [1.54, 1.807) is 0 Å². The molecule has 12 aromatic carbocycles. The Morgan fingerprint density at radius 2 is 0.831 bits per heavy atom. The fraction of sp³-hybridized carbons (Fsp3) is 0.0270. The van der Waals surface area contributed by atoms with Crippen LogP contribution in [0.2, 0.25) is 0 Å². The summed E-state index contributed by atoms with van der Waals surface area (Å²) in [5.74, 6) is 0. The molecule has 14 aromatic rings. The van der Waals surface area contributed by atoms with Gasteiger partial charge in [-0.25, -0.2) is 0 Å². The van der Waals surface area contributed by atoms with E-state index in [9.17, 15) is 0 Å². The van der Waals surface area contributed by atoms with Crippen LogP contribution in [0, 0.1) is 0 Å². The molecule has 3 nitrogen and oxygen atoms in total. The third-order valence-corrected chi connectivity index (χ3v) is 18.0. The third-order valence-electron chi connectivity index (χ3n) is 18.0. The number of nitrogens with zero attached hydrogens (tertiary/aromatic N) is 2. The standard InChI is InChI=1S/C74H44N2O/c1-7-27-58-49(18-1)50-19-2-8-28-59(50)73(58)61-30-10-4-23-57(61)70-63(73)32-17-36-68(70)75(46-40-38-45(39-41-46)48-24-15-26-56-54-22-6-14-37-69(54)77-72(48)56)47-42-43-52-51-20-3-9-29-60(51)74(65(52)44-47)62-31-11-13-35-67(62)76-66-34-12-5-21-53(66)55-25-16-33-64(74)71(55)76/h1-44H. The average Bonchev–Trinajstić information content (AvgIpc) is 4.37. The number of hydrogen-bond donors (Lipinski definition) is 0. The van der Waals surface area contributed by atoms with Gasteiger partial charge in [-0.3, -0.25) is 0 Å². The quantitative estimate of drug-likeness (QED) is 0.175. The van der Waals surface area contributed by atoms with Gasteiger partial charge in [0.05, 0.1) is 33.2 Å². The van der Waals surface area contributed by atoms with E-state index in [0.29, 0.717) is 0 Å². The van der Waals surface area contributed by atoms with Crippen LogP contribution >= 0.6 is 0 Å². The van der Waals surface area contributed by atoms with Crippen molar-refractivity contribution in [3.05, 3.63) is 311 Å². The molecular formula is C74H44N2O. The lowest BCUT2D eigenvalue weighted by atomic mass is 9.65. The molecular weight excluding hydrogens is 933 g/mol. The summed E-state index contributed by atoms with van der Waals surface area (Å²) in [5.41, 5.74) is 28.0. The molecule has 0 radical (unpaired) electrons. The van der Waals surface area contributed by atoms with E-state index < -0.39 is 10.8 Å². The second-order valence-electron chi connectivity index (χ2n) is 21.3. The molecule has 4 aliphatic rings. The molecule has 0 bridgehead atoms. The largest absolute Gasteiger partial charge is 0.455 e. The first-order valence-corrected chi connectivity index (χ1v) is 26.8. The Kier molecular flexibility index (Phi) is 8.00. The van der Waals surface area contributed by atoms with Crippen LogP contribution in [-0.2, 0) is 10.8 Å². The summed E-state index contributed by atoms with van der Waals surface area (Å²) in [6, 6.07) is 100. The molecule has 2 aromatic heterocycles. The Hall–Kier alpha value is -9.96. The maximum Gasteiger partial charge on any atom is 0.143 e. The molecule has 2 spiro atoms. The summed E-state index contributed by atoms with van der Waals surface area (Å²) >= 11 is 0. The van der Waals surface area contributed by atoms with Gasteiger partial charge >= 0.3 is 0 Å². The topological polar surface area (TPSA) is 21.3 Å². The smallest absolute Gasteiger partial charge is 0.143 e. The molecule has 0 fully saturated rings. The summed E-state index contributed by atoms with van der Waals surface area (Å²) in [7, 11) is 0. The minimum absolute atomic E-state index is 0.498. The second kappa shape index (κ2) is 14.9. The average molecular weight is 977 g/mol. The summed E-state index contributed by atoms with van der Waals surface area (Å²) in [6.45, 7) is 0. The number of para-hydroxylation sites is 5. The Labute approximate surface area is 444 Å². The molecule has 3 heteroatoms. The number of benzene rings is 12. The molecule has 1 atom stereocenters. The van der Waals surface area contributed by atoms with Crippen LogP contribution < -0.4 is 4.90 Å². The van der Waals surface area contributed by atoms with Crippen LogP contribution in [0.5, 0.6) is 0 Å². The van der Waals surface area contributed by atoms with Crippen LogP contribution in [-0.4, -0.2) is 4.57 Å². The van der Waals surface area contributed by atoms with Gasteiger partial charge in [-0.2, -0.15) is 0 Å². The van der Waals surface area contributed by atoms with Crippen LogP contribution in [0.15, 0.2) is 271 Å². The van der Waals surface area contributed by atoms with Crippen molar-refractivity contribution in [1.29, 1.82) is 0 Å². The maximum atomic E-state index is 6.63. The lowest BCUT2D eigenvalue weighted by Crippen LogP contribution is -2.33. The van der Waals surface area contributed by atoms with Crippen molar-refractivity contribution in [1.82, 2.24) is 4.57 Å². The fourth-order valence-electron chi connectivity index (χ4n) is 15.2. The van der Waals surface area contributed by atoms with Crippen LogP contribution in [0.25, 0.3) is 93.9 Å². The van der Waals surface area contributed by atoms with Gasteiger partial charge < -0.3 is 13.9 Å². The van der Waals surface area contributed by atoms with Gasteiger partial charge in [0.2, 0.25) is 0 Å². The molecule has 18 rings (SSSR count). The van der Waals surface area contributed by atoms with Gasteiger partial charge in [0, 0.05) is 44.0 Å². The third kappa shape index (κ3) is 5.03. The first kappa shape index (κ1) is 41.4. The molecule has 77 heavy (non-hydrogen) atoms. The van der Waals surface area contributed by atoms with Gasteiger partial charge in [0.15, 0.2) is 0 Å². The zero-order chi connectivity index (χ0) is 50.1. The van der Waals surface area contributed by atoms with Crippen molar-refractivity contribution in [2.24, 2.45) is 0 Å².